The van der Waals surface area contributed by atoms with Gasteiger partial charge in [-0.1, -0.05) is 87.6 Å². The fraction of sp³-hybridized carbons (Fsp3) is 0.344. The Morgan fingerprint density at radius 1 is 0.806 bits per heavy atom. The van der Waals surface area contributed by atoms with Gasteiger partial charge in [0.05, 0.1) is 11.0 Å². The third-order valence-corrected chi connectivity index (χ3v) is 8.25. The molecule has 0 bridgehead atoms. The predicted octanol–water partition coefficient (Wildman–Crippen LogP) is 8.86. The van der Waals surface area contributed by atoms with Crippen LogP contribution >= 0.6 is 11.8 Å². The zero-order valence-electron chi connectivity index (χ0n) is 21.1. The number of ether oxygens (including phenoxy) is 1. The number of rotatable bonds is 11. The van der Waals surface area contributed by atoms with Crippen LogP contribution in [0.1, 0.15) is 45.4 Å². The van der Waals surface area contributed by atoms with Gasteiger partial charge in [-0.2, -0.15) is 11.8 Å². The molecular weight excluding hydrogens is 460 g/mol. The predicted molar refractivity (Wildman–Crippen MR) is 155 cm³/mol. The van der Waals surface area contributed by atoms with Crippen molar-refractivity contribution in [2.45, 2.75) is 57.2 Å². The van der Waals surface area contributed by atoms with Gasteiger partial charge in [0, 0.05) is 33.9 Å². The molecule has 4 heteroatoms. The van der Waals surface area contributed by atoms with Gasteiger partial charge in [-0.3, -0.25) is 0 Å². The third kappa shape index (κ3) is 4.71. The van der Waals surface area contributed by atoms with Crippen LogP contribution in [0.25, 0.3) is 44.0 Å². The van der Waals surface area contributed by atoms with Crippen LogP contribution in [0, 0.1) is 0 Å². The van der Waals surface area contributed by atoms with Crippen LogP contribution in [0.15, 0.2) is 72.8 Å². The number of aryl methyl sites for hydroxylation is 1. The largest absolute Gasteiger partial charge is 0.492 e. The molecule has 6 rings (SSSR count). The maximum atomic E-state index is 5.99. The molecule has 36 heavy (non-hydrogen) atoms. The smallest absolute Gasteiger partial charge is 0.141 e. The lowest BCUT2D eigenvalue weighted by Gasteiger charge is -2.13. The average Bonchev–Trinajstić information content (AvgIpc) is 3.68. The van der Waals surface area contributed by atoms with Crippen molar-refractivity contribution in [1.82, 2.24) is 9.55 Å². The van der Waals surface area contributed by atoms with Gasteiger partial charge in [0.25, 0.3) is 0 Å². The van der Waals surface area contributed by atoms with Gasteiger partial charge in [-0.15, -0.1) is 0 Å². The second-order valence-corrected chi connectivity index (χ2v) is 11.3. The second-order valence-electron chi connectivity index (χ2n) is 9.93. The second kappa shape index (κ2) is 10.6. The number of imidazole rings is 1. The van der Waals surface area contributed by atoms with Crippen molar-refractivity contribution >= 4 is 44.3 Å². The fourth-order valence-electron chi connectivity index (χ4n) is 5.30. The number of thioether (sulfide) groups is 1. The highest BCUT2D eigenvalue weighted by Crippen LogP contribution is 2.38. The van der Waals surface area contributed by atoms with E-state index in [1.165, 1.54) is 71.3 Å². The number of hydrogen-bond donors (Lipinski definition) is 0. The summed E-state index contributed by atoms with van der Waals surface area (Å²) in [6.07, 6.45) is 7.70. The molecule has 0 N–H and O–H groups in total. The zero-order valence-corrected chi connectivity index (χ0v) is 21.9. The minimum Gasteiger partial charge on any atom is -0.492 e. The van der Waals surface area contributed by atoms with Crippen molar-refractivity contribution in [3.05, 3.63) is 72.8 Å². The summed E-state index contributed by atoms with van der Waals surface area (Å²) in [5.74, 6) is 3.23. The maximum Gasteiger partial charge on any atom is 0.141 e. The van der Waals surface area contributed by atoms with Gasteiger partial charge in [-0.05, 0) is 41.5 Å². The Morgan fingerprint density at radius 3 is 2.17 bits per heavy atom. The third-order valence-electron chi connectivity index (χ3n) is 7.31. The highest BCUT2D eigenvalue weighted by Gasteiger charge is 2.23. The summed E-state index contributed by atoms with van der Waals surface area (Å²) in [4.78, 5) is 5.32. The molecule has 1 aliphatic rings. The number of nitrogens with zero attached hydrogens (tertiary/aromatic N) is 2. The highest BCUT2D eigenvalue weighted by atomic mass is 32.2. The fourth-order valence-corrected chi connectivity index (χ4v) is 5.70. The Balaban J connectivity index is 1.44. The molecule has 0 saturated carbocycles. The van der Waals surface area contributed by atoms with Crippen LogP contribution in [0.2, 0.25) is 0 Å². The molecule has 0 aliphatic carbocycles. The Hall–Kier alpha value is -2.98. The number of aromatic nitrogens is 2. The van der Waals surface area contributed by atoms with Crippen LogP contribution < -0.4 is 4.74 Å². The van der Waals surface area contributed by atoms with Crippen molar-refractivity contribution in [2.75, 3.05) is 12.4 Å². The molecule has 1 aliphatic heterocycles. The number of hydrogen-bond acceptors (Lipinski definition) is 3. The van der Waals surface area contributed by atoms with Crippen molar-refractivity contribution in [2.24, 2.45) is 0 Å². The molecule has 1 saturated heterocycles. The van der Waals surface area contributed by atoms with E-state index < -0.39 is 0 Å². The van der Waals surface area contributed by atoms with Crippen LogP contribution in [-0.4, -0.2) is 27.2 Å². The van der Waals surface area contributed by atoms with Gasteiger partial charge < -0.3 is 9.30 Å². The lowest BCUT2D eigenvalue weighted by Crippen LogP contribution is -2.03. The van der Waals surface area contributed by atoms with Crippen LogP contribution in [0.5, 0.6) is 5.75 Å². The Bertz CT molecular complexity index is 1480. The molecule has 184 valence electrons. The molecule has 2 heterocycles. The standard InChI is InChI=1S/C32H34N2OS/c1-2-3-4-5-6-11-20-34-31-29-15-10-8-13-27(29)26-12-7-9-14-28(26)30(31)33-32(34)23-16-18-24(19-17-23)35-21-25-22-36-25/h7-10,12-19,25H,2-6,11,20-22H2,1H3. The Morgan fingerprint density at radius 2 is 1.44 bits per heavy atom. The molecule has 3 nitrogen and oxygen atoms in total. The van der Waals surface area contributed by atoms with Gasteiger partial charge >= 0.3 is 0 Å². The summed E-state index contributed by atoms with van der Waals surface area (Å²) in [6.45, 7) is 4.07. The quantitative estimate of drug-likeness (QED) is 0.104. The summed E-state index contributed by atoms with van der Waals surface area (Å²) in [6, 6.07) is 26.1. The first-order chi connectivity index (χ1) is 17.8. The minimum absolute atomic E-state index is 0.674. The van der Waals surface area contributed by atoms with E-state index in [0.29, 0.717) is 5.25 Å². The van der Waals surface area contributed by atoms with E-state index in [1.54, 1.807) is 0 Å². The number of benzene rings is 4. The van der Waals surface area contributed by atoms with Gasteiger partial charge in [0.1, 0.15) is 18.2 Å². The van der Waals surface area contributed by atoms with E-state index in [4.69, 9.17) is 9.72 Å². The first-order valence-electron chi connectivity index (χ1n) is 13.5. The molecule has 0 spiro atoms. The van der Waals surface area contributed by atoms with Crippen molar-refractivity contribution < 1.29 is 4.74 Å². The molecule has 1 atom stereocenters. The van der Waals surface area contributed by atoms with E-state index in [9.17, 15) is 0 Å². The first kappa shape index (κ1) is 23.4. The van der Waals surface area contributed by atoms with Crippen LogP contribution in [-0.2, 0) is 6.54 Å². The number of unbranched alkanes of at least 4 members (excludes halogenated alkanes) is 5. The average molecular weight is 495 g/mol. The summed E-state index contributed by atoms with van der Waals surface area (Å²) >= 11 is 1.97. The van der Waals surface area contributed by atoms with Crippen LogP contribution in [0.4, 0.5) is 0 Å². The zero-order chi connectivity index (χ0) is 24.3. The van der Waals surface area contributed by atoms with E-state index in [2.05, 4.69) is 84.3 Å². The Kier molecular flexibility index (Phi) is 6.87. The monoisotopic (exact) mass is 494 g/mol. The normalized spacial score (nSPS) is 15.2. The summed E-state index contributed by atoms with van der Waals surface area (Å²) in [5, 5.41) is 5.78. The molecule has 4 aromatic carbocycles. The molecule has 5 aromatic rings. The molecule has 0 amide bonds. The minimum atomic E-state index is 0.674. The number of fused-ring (bicyclic) bond motifs is 6. The SMILES string of the molecule is CCCCCCCCn1c(-c2ccc(OCC3CS3)cc2)nc2c3ccccc3c3ccccc3c21. The first-order valence-corrected chi connectivity index (χ1v) is 14.5. The molecular formula is C32H34N2OS. The van der Waals surface area contributed by atoms with E-state index in [1.807, 2.05) is 11.8 Å². The van der Waals surface area contributed by atoms with Crippen molar-refractivity contribution in [1.29, 1.82) is 0 Å². The Labute approximate surface area is 217 Å². The van der Waals surface area contributed by atoms with E-state index in [-0.39, 0.29) is 0 Å². The summed E-state index contributed by atoms with van der Waals surface area (Å²) in [7, 11) is 0. The van der Waals surface area contributed by atoms with Crippen molar-refractivity contribution in [3.8, 4) is 17.1 Å². The van der Waals surface area contributed by atoms with Crippen LogP contribution in [0.3, 0.4) is 0 Å². The van der Waals surface area contributed by atoms with Gasteiger partial charge in [-0.25, -0.2) is 4.98 Å². The topological polar surface area (TPSA) is 27.1 Å². The highest BCUT2D eigenvalue weighted by molar-refractivity contribution is 8.06. The summed E-state index contributed by atoms with van der Waals surface area (Å²) in [5.41, 5.74) is 3.52. The van der Waals surface area contributed by atoms with Gasteiger partial charge in [0.2, 0.25) is 0 Å². The summed E-state index contributed by atoms with van der Waals surface area (Å²) < 4.78 is 8.48. The van der Waals surface area contributed by atoms with E-state index >= 15 is 0 Å². The molecule has 0 radical (unpaired) electrons. The van der Waals surface area contributed by atoms with Crippen molar-refractivity contribution in [3.63, 3.8) is 0 Å². The lowest BCUT2D eigenvalue weighted by molar-refractivity contribution is 0.330. The molecule has 1 aromatic heterocycles. The molecule has 1 fully saturated rings. The molecule has 1 unspecified atom stereocenters. The van der Waals surface area contributed by atoms with Gasteiger partial charge in [0.15, 0.2) is 0 Å². The lowest BCUT2D eigenvalue weighted by atomic mass is 10.00. The maximum absolute atomic E-state index is 5.99. The van der Waals surface area contributed by atoms with E-state index in [0.717, 1.165) is 35.8 Å².